The van der Waals surface area contributed by atoms with Crippen LogP contribution in [0.15, 0.2) is 53.6 Å². The number of benzene rings is 2. The molecule has 218 valence electrons. The van der Waals surface area contributed by atoms with Crippen LogP contribution in [0.3, 0.4) is 0 Å². The summed E-state index contributed by atoms with van der Waals surface area (Å²) in [6.45, 7) is 2.61. The number of carboxylic acid groups (broad SMARTS) is 1. The Kier molecular flexibility index (Phi) is 6.70. The van der Waals surface area contributed by atoms with E-state index < -0.39 is 73.4 Å². The molecule has 0 unspecified atom stereocenters. The molecule has 0 radical (unpaired) electrons. The quantitative estimate of drug-likeness (QED) is 0.251. The van der Waals surface area contributed by atoms with Gasteiger partial charge in [0.05, 0.1) is 32.9 Å². The number of halogens is 3. The number of nitrogens with one attached hydrogen (secondary N) is 2. The maximum atomic E-state index is 15.8. The Morgan fingerprint density at radius 1 is 1.10 bits per heavy atom. The molecule has 1 aliphatic heterocycles. The van der Waals surface area contributed by atoms with Crippen LogP contribution in [0.25, 0.3) is 5.69 Å². The lowest BCUT2D eigenvalue weighted by atomic mass is 10.0. The number of H-pyrrole nitrogens is 1. The average molecular weight is 603 g/mol. The van der Waals surface area contributed by atoms with E-state index in [9.17, 15) is 36.7 Å². The monoisotopic (exact) mass is 602 g/mol. The average Bonchev–Trinajstić information content (AvgIpc) is 3.59. The van der Waals surface area contributed by atoms with Crippen molar-refractivity contribution in [1.29, 1.82) is 0 Å². The van der Waals surface area contributed by atoms with Crippen molar-refractivity contribution in [3.05, 3.63) is 94.2 Å². The van der Waals surface area contributed by atoms with Crippen LogP contribution in [0.2, 0.25) is 0 Å². The number of aromatic nitrogens is 3. The van der Waals surface area contributed by atoms with Gasteiger partial charge in [-0.25, -0.2) is 26.4 Å². The van der Waals surface area contributed by atoms with Gasteiger partial charge in [-0.05, 0) is 50.2 Å². The summed E-state index contributed by atoms with van der Waals surface area (Å²) in [5, 5.41) is 18.4. The number of aromatic carboxylic acids is 1. The van der Waals surface area contributed by atoms with E-state index in [-0.39, 0.29) is 28.5 Å². The Bertz CT molecular complexity index is 1900. The summed E-state index contributed by atoms with van der Waals surface area (Å²) < 4.78 is 72.1. The van der Waals surface area contributed by atoms with Crippen LogP contribution >= 0.6 is 0 Å². The molecule has 16 heteroatoms. The minimum atomic E-state index is -4.47. The zero-order chi connectivity index (χ0) is 30.7. The van der Waals surface area contributed by atoms with Crippen molar-refractivity contribution in [3.63, 3.8) is 0 Å². The molecule has 0 aliphatic carbocycles. The second-order valence-electron chi connectivity index (χ2n) is 9.81. The molecule has 2 aromatic heterocycles. The van der Waals surface area contributed by atoms with Crippen LogP contribution in [0, 0.1) is 17.5 Å². The minimum Gasteiger partial charge on any atom is -0.477 e. The molecule has 5 rings (SSSR count). The van der Waals surface area contributed by atoms with Gasteiger partial charge in [0.2, 0.25) is 15.9 Å². The smallest absolute Gasteiger partial charge is 0.352 e. The van der Waals surface area contributed by atoms with Crippen molar-refractivity contribution in [2.75, 3.05) is 5.32 Å². The van der Waals surface area contributed by atoms with Crippen molar-refractivity contribution in [3.8, 4) is 5.69 Å². The first-order valence-corrected chi connectivity index (χ1v) is 13.5. The largest absolute Gasteiger partial charge is 0.477 e. The number of sulfonamides is 1. The third-order valence-corrected chi connectivity index (χ3v) is 8.90. The van der Waals surface area contributed by atoms with E-state index in [1.54, 1.807) is 0 Å². The highest BCUT2D eigenvalue weighted by Gasteiger charge is 2.48. The van der Waals surface area contributed by atoms with Crippen molar-refractivity contribution in [1.82, 2.24) is 19.1 Å². The molecule has 2 amide bonds. The van der Waals surface area contributed by atoms with E-state index in [0.29, 0.717) is 18.2 Å². The number of anilines is 1. The molecule has 0 saturated carbocycles. The fourth-order valence-corrected chi connectivity index (χ4v) is 6.67. The van der Waals surface area contributed by atoms with E-state index in [4.69, 9.17) is 5.73 Å². The lowest BCUT2D eigenvalue weighted by Crippen LogP contribution is -2.40. The fraction of sp³-hybridized carbons (Fsp3) is 0.154. The molecule has 0 spiro atoms. The summed E-state index contributed by atoms with van der Waals surface area (Å²) >= 11 is 0. The maximum Gasteiger partial charge on any atom is 0.352 e. The van der Waals surface area contributed by atoms with Gasteiger partial charge < -0.3 is 20.7 Å². The predicted molar refractivity (Wildman–Crippen MR) is 140 cm³/mol. The van der Waals surface area contributed by atoms with E-state index in [0.717, 1.165) is 21.0 Å². The van der Waals surface area contributed by atoms with Gasteiger partial charge in [0.25, 0.3) is 5.91 Å². The maximum absolute atomic E-state index is 15.8. The third-order valence-electron chi connectivity index (χ3n) is 6.90. The number of hydrogen-bond acceptors (Lipinski definition) is 6. The van der Waals surface area contributed by atoms with Gasteiger partial charge in [-0.1, -0.05) is 0 Å². The second kappa shape index (κ2) is 9.85. The van der Waals surface area contributed by atoms with E-state index in [1.165, 1.54) is 32.2 Å². The third kappa shape index (κ3) is 4.50. The molecular weight excluding hydrogens is 581 g/mol. The summed E-state index contributed by atoms with van der Waals surface area (Å²) in [6.07, 6.45) is 1.25. The fourth-order valence-electron chi connectivity index (χ4n) is 4.90. The lowest BCUT2D eigenvalue weighted by molar-refractivity contribution is 0.0687. The number of nitrogens with zero attached hydrogens (tertiary/aromatic N) is 3. The summed E-state index contributed by atoms with van der Waals surface area (Å²) in [5.41, 5.74) is 2.45. The van der Waals surface area contributed by atoms with Crippen LogP contribution in [0.4, 0.5) is 19.0 Å². The minimum absolute atomic E-state index is 0.171. The lowest BCUT2D eigenvalue weighted by Gasteiger charge is -2.30. The number of amides is 2. The van der Waals surface area contributed by atoms with Gasteiger partial charge in [0.1, 0.15) is 17.3 Å². The van der Waals surface area contributed by atoms with E-state index in [2.05, 4.69) is 15.5 Å². The molecule has 0 bridgehead atoms. The van der Waals surface area contributed by atoms with Gasteiger partial charge in [0, 0.05) is 24.4 Å². The Morgan fingerprint density at radius 3 is 2.38 bits per heavy atom. The highest BCUT2D eigenvalue weighted by atomic mass is 32.2. The van der Waals surface area contributed by atoms with E-state index >= 15 is 4.39 Å². The Labute approximate surface area is 235 Å². The van der Waals surface area contributed by atoms with Crippen molar-refractivity contribution in [2.45, 2.75) is 30.8 Å². The zero-order valence-electron chi connectivity index (χ0n) is 21.8. The number of fused-ring (bicyclic) bond motifs is 1. The number of carbonyl (C=O) groups is 3. The normalized spacial score (nSPS) is 14.5. The molecule has 0 atom stereocenters. The molecule has 12 nitrogen and oxygen atoms in total. The molecule has 42 heavy (non-hydrogen) atoms. The molecular formula is C26H21F3N6O6S. The second-order valence-corrected chi connectivity index (χ2v) is 11.7. The van der Waals surface area contributed by atoms with Crippen LogP contribution in [-0.2, 0) is 22.1 Å². The van der Waals surface area contributed by atoms with Crippen LogP contribution in [-0.4, -0.2) is 50.4 Å². The molecule has 3 heterocycles. The zero-order valence-corrected chi connectivity index (χ0v) is 22.6. The van der Waals surface area contributed by atoms with Crippen molar-refractivity contribution >= 4 is 33.6 Å². The first-order chi connectivity index (χ1) is 19.6. The summed E-state index contributed by atoms with van der Waals surface area (Å²) in [7, 11) is -4.47. The molecule has 1 aliphatic rings. The predicted octanol–water partition coefficient (Wildman–Crippen LogP) is 3.11. The molecule has 0 saturated heterocycles. The highest BCUT2D eigenvalue weighted by Crippen LogP contribution is 2.44. The van der Waals surface area contributed by atoms with Crippen LogP contribution in [0.1, 0.15) is 56.3 Å². The molecule has 0 fully saturated rings. The van der Waals surface area contributed by atoms with Crippen LogP contribution < -0.4 is 11.1 Å². The standard InChI is InChI=1S/C26H21F3N6O6S/c1-26(2)21-16(11-35(26)42(40,41)14-9-12(27)8-13(28)10-14)23(33-32-21)31-24(37)19-15(22(30)36)5-6-17(20(19)29)34-7-3-4-18(34)25(38)39/h3-10H,11H2,1-2H3,(H2,30,36)(H,38,39)(H2,31,32,33,37). The number of rotatable bonds is 7. The summed E-state index contributed by atoms with van der Waals surface area (Å²) in [5.74, 6) is -7.37. The van der Waals surface area contributed by atoms with Crippen molar-refractivity contribution < 1.29 is 41.1 Å². The van der Waals surface area contributed by atoms with E-state index in [1.807, 2.05) is 0 Å². The Hall–Kier alpha value is -4.96. The van der Waals surface area contributed by atoms with Gasteiger partial charge >= 0.3 is 5.97 Å². The molecule has 4 aromatic rings. The first kappa shape index (κ1) is 28.6. The first-order valence-electron chi connectivity index (χ1n) is 12.1. The van der Waals surface area contributed by atoms with Gasteiger partial charge in [0.15, 0.2) is 11.6 Å². The van der Waals surface area contributed by atoms with Gasteiger partial charge in [-0.3, -0.25) is 14.7 Å². The number of primary amides is 1. The molecule has 5 N–H and O–H groups in total. The Balaban J connectivity index is 1.53. The van der Waals surface area contributed by atoms with Gasteiger partial charge in [-0.15, -0.1) is 0 Å². The van der Waals surface area contributed by atoms with Crippen molar-refractivity contribution in [2.24, 2.45) is 5.73 Å². The number of carbonyl (C=O) groups excluding carboxylic acids is 2. The Morgan fingerprint density at radius 2 is 1.76 bits per heavy atom. The molecule has 2 aromatic carbocycles. The number of hydrogen-bond donors (Lipinski definition) is 4. The number of carboxylic acids is 1. The van der Waals surface area contributed by atoms with Crippen LogP contribution in [0.5, 0.6) is 0 Å². The van der Waals surface area contributed by atoms with Gasteiger partial charge in [-0.2, -0.15) is 9.40 Å². The topological polar surface area (TPSA) is 180 Å². The SMILES string of the molecule is CC1(C)c2[nH]nc(NC(=O)c3c(C(N)=O)ccc(-n4cccc4C(=O)O)c3F)c2CN1S(=O)(=O)c1cc(F)cc(F)c1. The summed E-state index contributed by atoms with van der Waals surface area (Å²) in [6, 6.07) is 6.57. The highest BCUT2D eigenvalue weighted by molar-refractivity contribution is 7.89. The number of aromatic amines is 1. The number of nitrogens with two attached hydrogens (primary N) is 1. The summed E-state index contributed by atoms with van der Waals surface area (Å²) in [4.78, 5) is 36.4.